The normalized spacial score (nSPS) is 10.7. The molecule has 0 fully saturated rings. The van der Waals surface area contributed by atoms with E-state index in [1.165, 1.54) is 0 Å². The van der Waals surface area contributed by atoms with Crippen LogP contribution in [0.5, 0.6) is 11.5 Å². The monoisotopic (exact) mass is 564 g/mol. The molecule has 0 saturated heterocycles. The highest BCUT2D eigenvalue weighted by molar-refractivity contribution is 14.1. The number of halogens is 2. The molecule has 0 heterocycles. The molecule has 0 aliphatic heterocycles. The third-order valence-corrected chi connectivity index (χ3v) is 4.71. The van der Waals surface area contributed by atoms with Crippen molar-refractivity contribution in [1.29, 1.82) is 0 Å². The Hall–Kier alpha value is -1.36. The quantitative estimate of drug-likeness (QED) is 0.307. The van der Waals surface area contributed by atoms with Crippen LogP contribution in [0.15, 0.2) is 41.5 Å². The lowest BCUT2D eigenvalue weighted by Gasteiger charge is -2.12. The summed E-state index contributed by atoms with van der Waals surface area (Å²) in [4.78, 5) is 12.0. The van der Waals surface area contributed by atoms with Gasteiger partial charge in [0.15, 0.2) is 11.5 Å². The summed E-state index contributed by atoms with van der Waals surface area (Å²) in [5.41, 5.74) is 3.90. The van der Waals surface area contributed by atoms with Gasteiger partial charge in [-0.2, -0.15) is 5.10 Å². The van der Waals surface area contributed by atoms with E-state index < -0.39 is 0 Å². The van der Waals surface area contributed by atoms with Gasteiger partial charge >= 0.3 is 0 Å². The molecule has 0 unspecified atom stereocenters. The second-order valence-corrected chi connectivity index (χ2v) is 7.50. The van der Waals surface area contributed by atoms with E-state index in [2.05, 4.69) is 62.6 Å². The lowest BCUT2D eigenvalue weighted by Crippen LogP contribution is -2.17. The number of methoxy groups -OCH3 is 1. The van der Waals surface area contributed by atoms with Crippen LogP contribution in [-0.2, 0) is 0 Å². The number of carbonyl (C=O) groups is 1. The molecule has 2 aromatic rings. The van der Waals surface area contributed by atoms with Gasteiger partial charge in [0.05, 0.1) is 23.5 Å². The number of benzene rings is 2. The van der Waals surface area contributed by atoms with Gasteiger partial charge < -0.3 is 9.47 Å². The van der Waals surface area contributed by atoms with E-state index in [0.717, 1.165) is 24.9 Å². The molecule has 7 heteroatoms. The van der Waals surface area contributed by atoms with Crippen LogP contribution < -0.4 is 14.9 Å². The summed E-state index contributed by atoms with van der Waals surface area (Å²) in [5.74, 6) is 1.12. The van der Waals surface area contributed by atoms with Gasteiger partial charge in [0, 0.05) is 9.13 Å². The van der Waals surface area contributed by atoms with Gasteiger partial charge in [-0.15, -0.1) is 0 Å². The molecule has 0 aliphatic carbocycles. The fourth-order valence-corrected chi connectivity index (χ4v) is 3.13. The zero-order chi connectivity index (χ0) is 18.2. The van der Waals surface area contributed by atoms with Crippen LogP contribution in [0.25, 0.3) is 0 Å². The molecule has 2 aromatic carbocycles. The van der Waals surface area contributed by atoms with Crippen LogP contribution in [0.1, 0.15) is 29.3 Å². The highest BCUT2D eigenvalue weighted by Crippen LogP contribution is 2.33. The first-order valence-corrected chi connectivity index (χ1v) is 9.80. The number of hydrogen-bond donors (Lipinski definition) is 1. The highest BCUT2D eigenvalue weighted by atomic mass is 127. The lowest BCUT2D eigenvalue weighted by molar-refractivity contribution is 0.0955. The van der Waals surface area contributed by atoms with Crippen molar-refractivity contribution in [3.8, 4) is 11.5 Å². The number of nitrogens with zero attached hydrogens (tertiary/aromatic N) is 1. The van der Waals surface area contributed by atoms with Gasteiger partial charge in [0.25, 0.3) is 5.91 Å². The Balaban J connectivity index is 2.08. The van der Waals surface area contributed by atoms with E-state index in [-0.39, 0.29) is 5.91 Å². The minimum absolute atomic E-state index is 0.253. The molecule has 1 amide bonds. The summed E-state index contributed by atoms with van der Waals surface area (Å²) < 4.78 is 13.1. The average Bonchev–Trinajstić information content (AvgIpc) is 2.61. The third kappa shape index (κ3) is 5.84. The highest BCUT2D eigenvalue weighted by Gasteiger charge is 2.11. The minimum atomic E-state index is -0.253. The van der Waals surface area contributed by atoms with Gasteiger partial charge in [-0.3, -0.25) is 4.79 Å². The smallest absolute Gasteiger partial charge is 0.271 e. The molecule has 0 radical (unpaired) electrons. The number of ether oxygens (including phenoxy) is 2. The Labute approximate surface area is 174 Å². The van der Waals surface area contributed by atoms with E-state index in [1.54, 1.807) is 25.5 Å². The summed E-state index contributed by atoms with van der Waals surface area (Å²) in [5, 5.41) is 4.02. The van der Waals surface area contributed by atoms with Gasteiger partial charge in [-0.05, 0) is 93.6 Å². The number of amides is 1. The number of carbonyl (C=O) groups excluding carboxylic acids is 1. The number of rotatable bonds is 7. The first-order chi connectivity index (χ1) is 12.0. The fourth-order valence-electron chi connectivity index (χ4n) is 1.99. The summed E-state index contributed by atoms with van der Waals surface area (Å²) in [6.07, 6.45) is 2.51. The van der Waals surface area contributed by atoms with Gasteiger partial charge in [0.2, 0.25) is 0 Å². The molecule has 0 bridgehead atoms. The third-order valence-electron chi connectivity index (χ3n) is 3.19. The average molecular weight is 564 g/mol. The summed E-state index contributed by atoms with van der Waals surface area (Å²) in [7, 11) is 1.60. The number of hydrogen-bond acceptors (Lipinski definition) is 4. The Kier molecular flexibility index (Phi) is 7.94. The van der Waals surface area contributed by atoms with Crippen LogP contribution in [-0.4, -0.2) is 25.8 Å². The zero-order valence-electron chi connectivity index (χ0n) is 13.9. The van der Waals surface area contributed by atoms with Crippen LogP contribution in [0, 0.1) is 7.14 Å². The van der Waals surface area contributed by atoms with Crippen molar-refractivity contribution >= 4 is 57.3 Å². The summed E-state index contributed by atoms with van der Waals surface area (Å²) in [6, 6.07) is 11.0. The lowest BCUT2D eigenvalue weighted by atomic mass is 10.2. The second kappa shape index (κ2) is 9.95. The van der Waals surface area contributed by atoms with E-state index in [9.17, 15) is 4.79 Å². The molecule has 0 aliphatic rings. The Morgan fingerprint density at radius 2 is 1.96 bits per heavy atom. The summed E-state index contributed by atoms with van der Waals surface area (Å²) in [6.45, 7) is 2.68. The first-order valence-electron chi connectivity index (χ1n) is 7.64. The van der Waals surface area contributed by atoms with Crippen molar-refractivity contribution in [2.75, 3.05) is 13.7 Å². The minimum Gasteiger partial charge on any atom is -0.493 e. The van der Waals surface area contributed by atoms with Crippen molar-refractivity contribution in [2.45, 2.75) is 13.3 Å². The summed E-state index contributed by atoms with van der Waals surface area (Å²) >= 11 is 4.39. The second-order valence-electron chi connectivity index (χ2n) is 5.09. The van der Waals surface area contributed by atoms with E-state index >= 15 is 0 Å². The molecule has 25 heavy (non-hydrogen) atoms. The van der Waals surface area contributed by atoms with Crippen molar-refractivity contribution in [1.82, 2.24) is 5.43 Å². The van der Waals surface area contributed by atoms with E-state index in [1.807, 2.05) is 24.3 Å². The van der Waals surface area contributed by atoms with Gasteiger partial charge in [0.1, 0.15) is 0 Å². The van der Waals surface area contributed by atoms with Gasteiger partial charge in [-0.1, -0.05) is 6.92 Å². The molecule has 0 aromatic heterocycles. The Morgan fingerprint density at radius 3 is 2.60 bits per heavy atom. The molecule has 0 saturated carbocycles. The zero-order valence-corrected chi connectivity index (χ0v) is 18.2. The molecule has 0 atom stereocenters. The van der Waals surface area contributed by atoms with Crippen LogP contribution in [0.3, 0.4) is 0 Å². The fraction of sp³-hybridized carbons (Fsp3) is 0.222. The maximum Gasteiger partial charge on any atom is 0.271 e. The first kappa shape index (κ1) is 20.0. The van der Waals surface area contributed by atoms with Crippen LogP contribution in [0.2, 0.25) is 0 Å². The molecule has 1 N–H and O–H groups in total. The maximum absolute atomic E-state index is 12.0. The number of nitrogens with one attached hydrogen (secondary N) is 1. The Morgan fingerprint density at radius 1 is 1.24 bits per heavy atom. The molecule has 5 nitrogen and oxygen atoms in total. The van der Waals surface area contributed by atoms with Gasteiger partial charge in [-0.25, -0.2) is 5.43 Å². The van der Waals surface area contributed by atoms with Crippen LogP contribution >= 0.6 is 45.2 Å². The molecule has 0 spiro atoms. The molecular formula is C18H18I2N2O3. The van der Waals surface area contributed by atoms with Crippen molar-refractivity contribution in [3.05, 3.63) is 54.7 Å². The molecule has 2 rings (SSSR count). The van der Waals surface area contributed by atoms with Crippen molar-refractivity contribution in [3.63, 3.8) is 0 Å². The van der Waals surface area contributed by atoms with Crippen LogP contribution in [0.4, 0.5) is 0 Å². The molecule has 132 valence electrons. The van der Waals surface area contributed by atoms with Crippen molar-refractivity contribution < 1.29 is 14.3 Å². The van der Waals surface area contributed by atoms with E-state index in [4.69, 9.17) is 9.47 Å². The Bertz CT molecular complexity index is 762. The van der Waals surface area contributed by atoms with Crippen molar-refractivity contribution in [2.24, 2.45) is 5.10 Å². The predicted octanol–water partition coefficient (Wildman–Crippen LogP) is 4.46. The topological polar surface area (TPSA) is 59.9 Å². The number of hydrazone groups is 1. The SMILES string of the molecule is CCCOc1c(I)cc(/C=N\NC(=O)c2ccc(I)cc2)cc1OC. The standard InChI is InChI=1S/C18H18I2N2O3/c1-3-8-25-17-15(20)9-12(10-16(17)24-2)11-21-22-18(23)13-4-6-14(19)7-5-13/h4-7,9-11H,3,8H2,1-2H3,(H,22,23)/b21-11-. The van der Waals surface area contributed by atoms with E-state index in [0.29, 0.717) is 17.9 Å². The largest absolute Gasteiger partial charge is 0.493 e. The molecular weight excluding hydrogens is 546 g/mol. The predicted molar refractivity (Wildman–Crippen MR) is 116 cm³/mol. The maximum atomic E-state index is 12.0.